The number of nitrogens with one attached hydrogen (secondary N) is 2. The Morgan fingerprint density at radius 3 is 2.22 bits per heavy atom. The highest BCUT2D eigenvalue weighted by molar-refractivity contribution is 6.09. The van der Waals surface area contributed by atoms with E-state index in [1.807, 2.05) is 36.4 Å². The molecule has 0 aliphatic carbocycles. The van der Waals surface area contributed by atoms with Crippen molar-refractivity contribution >= 4 is 39.9 Å². The molecule has 0 unspecified atom stereocenters. The Hall–Kier alpha value is -4.45. The molecule has 0 aromatic heterocycles. The first-order valence-electron chi connectivity index (χ1n) is 9.96. The molecule has 2 amide bonds. The van der Waals surface area contributed by atoms with E-state index in [0.717, 1.165) is 16.3 Å². The molecule has 6 nitrogen and oxygen atoms in total. The van der Waals surface area contributed by atoms with Crippen molar-refractivity contribution in [2.75, 3.05) is 10.6 Å². The maximum absolute atomic E-state index is 12.8. The van der Waals surface area contributed by atoms with E-state index in [9.17, 15) is 19.5 Å². The molecular weight excluding hydrogens is 404 g/mol. The first-order chi connectivity index (χ1) is 15.4. The Morgan fingerprint density at radius 1 is 0.719 bits per heavy atom. The van der Waals surface area contributed by atoms with Gasteiger partial charge in [-0.1, -0.05) is 48.5 Å². The first kappa shape index (κ1) is 20.8. The molecule has 0 saturated carbocycles. The molecule has 4 aromatic rings. The minimum Gasteiger partial charge on any atom is -0.478 e. The normalized spacial score (nSPS) is 10.5. The molecule has 0 aliphatic heterocycles. The number of benzene rings is 4. The second-order valence-electron chi connectivity index (χ2n) is 7.34. The van der Waals surface area contributed by atoms with Gasteiger partial charge in [-0.3, -0.25) is 9.59 Å². The molecule has 0 aliphatic rings. The van der Waals surface area contributed by atoms with Crippen molar-refractivity contribution in [3.63, 3.8) is 0 Å². The smallest absolute Gasteiger partial charge is 0.337 e. The van der Waals surface area contributed by atoms with Crippen LogP contribution in [-0.4, -0.2) is 22.9 Å². The van der Waals surface area contributed by atoms with Gasteiger partial charge in [0.15, 0.2) is 0 Å². The summed E-state index contributed by atoms with van der Waals surface area (Å²) in [4.78, 5) is 36.0. The summed E-state index contributed by atoms with van der Waals surface area (Å²) in [6.45, 7) is 1.42. The molecule has 0 bridgehead atoms. The van der Waals surface area contributed by atoms with Crippen LogP contribution in [-0.2, 0) is 4.79 Å². The zero-order valence-corrected chi connectivity index (χ0v) is 17.3. The number of hydrogen-bond acceptors (Lipinski definition) is 3. The Balaban J connectivity index is 1.64. The van der Waals surface area contributed by atoms with E-state index < -0.39 is 11.9 Å². The average Bonchev–Trinajstić information content (AvgIpc) is 2.78. The van der Waals surface area contributed by atoms with Crippen molar-refractivity contribution in [3.05, 3.63) is 96.1 Å². The van der Waals surface area contributed by atoms with E-state index >= 15 is 0 Å². The molecule has 4 rings (SSSR count). The Kier molecular flexibility index (Phi) is 5.68. The number of anilines is 2. The van der Waals surface area contributed by atoms with Gasteiger partial charge >= 0.3 is 5.97 Å². The SMILES string of the molecule is CC(=O)Nc1cccc(-c2ccc(NC(=O)c3ccc4ccccc4c3)c(C(=O)O)c2)c1. The van der Waals surface area contributed by atoms with Crippen LogP contribution in [0.3, 0.4) is 0 Å². The molecule has 0 saturated heterocycles. The lowest BCUT2D eigenvalue weighted by Crippen LogP contribution is -2.15. The Labute approximate surface area is 184 Å². The van der Waals surface area contributed by atoms with Crippen molar-refractivity contribution < 1.29 is 19.5 Å². The Morgan fingerprint density at radius 2 is 1.47 bits per heavy atom. The van der Waals surface area contributed by atoms with Gasteiger partial charge in [-0.15, -0.1) is 0 Å². The highest BCUT2D eigenvalue weighted by Gasteiger charge is 2.16. The summed E-state index contributed by atoms with van der Waals surface area (Å²) >= 11 is 0. The van der Waals surface area contributed by atoms with Crippen molar-refractivity contribution in [2.45, 2.75) is 6.92 Å². The molecule has 6 heteroatoms. The van der Waals surface area contributed by atoms with E-state index in [2.05, 4.69) is 10.6 Å². The lowest BCUT2D eigenvalue weighted by Gasteiger charge is -2.12. The monoisotopic (exact) mass is 424 g/mol. The number of carbonyl (C=O) groups is 3. The summed E-state index contributed by atoms with van der Waals surface area (Å²) in [5.41, 5.74) is 2.62. The predicted molar refractivity (Wildman–Crippen MR) is 125 cm³/mol. The molecule has 158 valence electrons. The third kappa shape index (κ3) is 4.49. The summed E-state index contributed by atoms with van der Waals surface area (Å²) in [5, 5.41) is 17.1. The van der Waals surface area contributed by atoms with Crippen LogP contribution < -0.4 is 10.6 Å². The maximum atomic E-state index is 12.8. The van der Waals surface area contributed by atoms with Crippen LogP contribution >= 0.6 is 0 Å². The van der Waals surface area contributed by atoms with E-state index in [1.165, 1.54) is 13.0 Å². The van der Waals surface area contributed by atoms with Crippen LogP contribution in [0.1, 0.15) is 27.6 Å². The van der Waals surface area contributed by atoms with Gasteiger partial charge in [0.1, 0.15) is 0 Å². The van der Waals surface area contributed by atoms with Crippen molar-refractivity contribution in [1.82, 2.24) is 0 Å². The molecule has 0 spiro atoms. The second kappa shape index (κ2) is 8.73. The molecule has 0 fully saturated rings. The number of carboxylic acid groups (broad SMARTS) is 1. The molecule has 4 aromatic carbocycles. The van der Waals surface area contributed by atoms with Crippen molar-refractivity contribution in [2.24, 2.45) is 0 Å². The largest absolute Gasteiger partial charge is 0.478 e. The lowest BCUT2D eigenvalue weighted by atomic mass is 10.0. The third-order valence-electron chi connectivity index (χ3n) is 5.03. The van der Waals surface area contributed by atoms with E-state index in [0.29, 0.717) is 16.8 Å². The summed E-state index contributed by atoms with van der Waals surface area (Å²) in [6, 6.07) is 24.9. The second-order valence-corrected chi connectivity index (χ2v) is 7.34. The standard InChI is InChI=1S/C26H20N2O4/c1-16(29)27-22-8-4-7-19(14-22)20-11-12-24(23(15-20)26(31)32)28-25(30)21-10-9-17-5-2-3-6-18(17)13-21/h2-15H,1H3,(H,27,29)(H,28,30)(H,31,32). The fraction of sp³-hybridized carbons (Fsp3) is 0.0385. The fourth-order valence-electron chi connectivity index (χ4n) is 3.51. The molecule has 0 radical (unpaired) electrons. The summed E-state index contributed by atoms with van der Waals surface area (Å²) in [6.07, 6.45) is 0. The van der Waals surface area contributed by atoms with Crippen molar-refractivity contribution in [3.8, 4) is 11.1 Å². The number of fused-ring (bicyclic) bond motifs is 1. The van der Waals surface area contributed by atoms with Crippen LogP contribution in [0.5, 0.6) is 0 Å². The Bertz CT molecular complexity index is 1360. The molecule has 0 heterocycles. The number of hydrogen-bond donors (Lipinski definition) is 3. The topological polar surface area (TPSA) is 95.5 Å². The zero-order chi connectivity index (χ0) is 22.7. The predicted octanol–water partition coefficient (Wildman–Crippen LogP) is 5.42. The zero-order valence-electron chi connectivity index (χ0n) is 17.3. The summed E-state index contributed by atoms with van der Waals surface area (Å²) in [7, 11) is 0. The van der Waals surface area contributed by atoms with Gasteiger partial charge in [-0.05, 0) is 58.3 Å². The molecular formula is C26H20N2O4. The highest BCUT2D eigenvalue weighted by atomic mass is 16.4. The van der Waals surface area contributed by atoms with Gasteiger partial charge in [0.05, 0.1) is 11.3 Å². The van der Waals surface area contributed by atoms with Crippen LogP contribution in [0.15, 0.2) is 84.9 Å². The third-order valence-corrected chi connectivity index (χ3v) is 5.03. The summed E-state index contributed by atoms with van der Waals surface area (Å²) in [5.74, 6) is -1.74. The quantitative estimate of drug-likeness (QED) is 0.399. The lowest BCUT2D eigenvalue weighted by molar-refractivity contribution is -0.114. The van der Waals surface area contributed by atoms with E-state index in [-0.39, 0.29) is 17.2 Å². The average molecular weight is 424 g/mol. The van der Waals surface area contributed by atoms with Crippen molar-refractivity contribution in [1.29, 1.82) is 0 Å². The van der Waals surface area contributed by atoms with Crippen LogP contribution in [0.25, 0.3) is 21.9 Å². The number of carboxylic acids is 1. The number of aromatic carboxylic acids is 1. The summed E-state index contributed by atoms with van der Waals surface area (Å²) < 4.78 is 0. The van der Waals surface area contributed by atoms with Gasteiger partial charge in [0.2, 0.25) is 5.91 Å². The van der Waals surface area contributed by atoms with Gasteiger partial charge in [0, 0.05) is 18.2 Å². The van der Waals surface area contributed by atoms with Gasteiger partial charge in [0.25, 0.3) is 5.91 Å². The fourth-order valence-corrected chi connectivity index (χ4v) is 3.51. The van der Waals surface area contributed by atoms with E-state index in [1.54, 1.807) is 42.5 Å². The van der Waals surface area contributed by atoms with Gasteiger partial charge in [-0.2, -0.15) is 0 Å². The van der Waals surface area contributed by atoms with Crippen LogP contribution in [0.2, 0.25) is 0 Å². The molecule has 0 atom stereocenters. The maximum Gasteiger partial charge on any atom is 0.337 e. The number of rotatable bonds is 5. The molecule has 32 heavy (non-hydrogen) atoms. The van der Waals surface area contributed by atoms with Gasteiger partial charge in [-0.25, -0.2) is 4.79 Å². The first-order valence-corrected chi connectivity index (χ1v) is 9.96. The molecule has 3 N–H and O–H groups in total. The number of amides is 2. The number of carbonyl (C=O) groups excluding carboxylic acids is 2. The highest BCUT2D eigenvalue weighted by Crippen LogP contribution is 2.28. The van der Waals surface area contributed by atoms with Gasteiger partial charge < -0.3 is 15.7 Å². The minimum absolute atomic E-state index is 0.0263. The van der Waals surface area contributed by atoms with Crippen LogP contribution in [0.4, 0.5) is 11.4 Å². The minimum atomic E-state index is -1.15. The van der Waals surface area contributed by atoms with E-state index in [4.69, 9.17) is 0 Å². The van der Waals surface area contributed by atoms with Crippen LogP contribution in [0, 0.1) is 0 Å².